The number of hydrogen-bond donors (Lipinski definition) is 2. The molecule has 3 heterocycles. The van der Waals surface area contributed by atoms with Crippen molar-refractivity contribution < 1.29 is 18.3 Å². The third kappa shape index (κ3) is 5.15. The summed E-state index contributed by atoms with van der Waals surface area (Å²) < 4.78 is 35.0. The van der Waals surface area contributed by atoms with Crippen LogP contribution in [0, 0.1) is 0 Å². The predicted octanol–water partition coefficient (Wildman–Crippen LogP) is 3.54. The van der Waals surface area contributed by atoms with Crippen LogP contribution in [-0.4, -0.2) is 51.9 Å². The molecule has 2 atom stereocenters. The Morgan fingerprint density at radius 1 is 1.28 bits per heavy atom. The first-order valence-corrected chi connectivity index (χ1v) is 11.1. The van der Waals surface area contributed by atoms with Crippen molar-refractivity contribution in [1.29, 1.82) is 0 Å². The highest BCUT2D eigenvalue weighted by atomic mass is 19.3. The Hall–Kier alpha value is -2.81. The van der Waals surface area contributed by atoms with Gasteiger partial charge in [0.15, 0.2) is 0 Å². The van der Waals surface area contributed by atoms with Crippen LogP contribution < -0.4 is 15.6 Å². The molecule has 9 heteroatoms. The van der Waals surface area contributed by atoms with Gasteiger partial charge in [-0.05, 0) is 50.3 Å². The molecule has 2 N–H and O–H groups in total. The maximum absolute atomic E-state index is 14.6. The van der Waals surface area contributed by atoms with Crippen LogP contribution in [0.4, 0.5) is 14.6 Å². The maximum Gasteiger partial charge on any atom is 0.257 e. The molecule has 2 fully saturated rings. The van der Waals surface area contributed by atoms with Crippen LogP contribution in [0.5, 0.6) is 5.75 Å². The van der Waals surface area contributed by atoms with Gasteiger partial charge in [0, 0.05) is 31.8 Å². The summed E-state index contributed by atoms with van der Waals surface area (Å²) in [6.45, 7) is 1.80. The number of carbonyl (C=O) groups is 1. The van der Waals surface area contributed by atoms with Gasteiger partial charge in [-0.1, -0.05) is 6.07 Å². The molecule has 1 aliphatic heterocycles. The Morgan fingerprint density at radius 3 is 2.72 bits per heavy atom. The number of H-pyrrole nitrogens is 1. The van der Waals surface area contributed by atoms with Gasteiger partial charge in [0.25, 0.3) is 5.92 Å². The zero-order chi connectivity index (χ0) is 22.7. The van der Waals surface area contributed by atoms with Crippen LogP contribution in [0.25, 0.3) is 0 Å². The van der Waals surface area contributed by atoms with Crippen LogP contribution in [0.1, 0.15) is 50.5 Å². The molecule has 172 valence electrons. The van der Waals surface area contributed by atoms with Crippen LogP contribution in [0.2, 0.25) is 0 Å². The molecular weight excluding hydrogens is 418 g/mol. The van der Waals surface area contributed by atoms with Gasteiger partial charge >= 0.3 is 0 Å². The lowest BCUT2D eigenvalue weighted by Gasteiger charge is -2.40. The molecule has 1 aliphatic carbocycles. The Balaban J connectivity index is 1.37. The second kappa shape index (κ2) is 9.36. The van der Waals surface area contributed by atoms with E-state index in [-0.39, 0.29) is 37.1 Å². The average molecular weight is 446 g/mol. The lowest BCUT2D eigenvalue weighted by Crippen LogP contribution is -2.52. The minimum atomic E-state index is -2.92. The lowest BCUT2D eigenvalue weighted by atomic mass is 9.87. The zero-order valence-electron chi connectivity index (χ0n) is 18.0. The Kier molecular flexibility index (Phi) is 6.55. The topological polar surface area (TPSA) is 87.3 Å². The molecule has 0 unspecified atom stereocenters. The monoisotopic (exact) mass is 446 g/mol. The molecule has 7 nitrogen and oxygen atoms in total. The number of hydrogen-bond acceptors (Lipinski definition) is 5. The van der Waals surface area contributed by atoms with E-state index < -0.39 is 17.9 Å². The van der Waals surface area contributed by atoms with Crippen molar-refractivity contribution in [2.75, 3.05) is 18.4 Å². The number of aromatic amines is 1. The van der Waals surface area contributed by atoms with Crippen LogP contribution in [-0.2, 0) is 4.79 Å². The molecule has 4 rings (SSSR count). The number of halogens is 2. The van der Waals surface area contributed by atoms with Gasteiger partial charge in [0.2, 0.25) is 11.5 Å². The Morgan fingerprint density at radius 2 is 2.06 bits per heavy atom. The van der Waals surface area contributed by atoms with E-state index in [4.69, 9.17) is 4.74 Å². The maximum atomic E-state index is 14.6. The minimum Gasteiger partial charge on any atom is -0.489 e. The first-order chi connectivity index (χ1) is 15.3. The molecule has 0 bridgehead atoms. The average Bonchev–Trinajstić information content (AvgIpc) is 3.28. The van der Waals surface area contributed by atoms with Gasteiger partial charge in [0.05, 0.1) is 24.3 Å². The van der Waals surface area contributed by atoms with Crippen molar-refractivity contribution in [1.82, 2.24) is 14.9 Å². The third-order valence-electron chi connectivity index (χ3n) is 6.39. The van der Waals surface area contributed by atoms with E-state index in [9.17, 15) is 18.4 Å². The number of aromatic nitrogens is 2. The number of ether oxygens (including phenoxy) is 1. The summed E-state index contributed by atoms with van der Waals surface area (Å²) in [4.78, 5) is 32.5. The number of nitrogens with zero attached hydrogens (tertiary/aromatic N) is 2. The fraction of sp³-hybridized carbons (Fsp3) is 0.522. The van der Waals surface area contributed by atoms with E-state index in [1.165, 1.54) is 31.2 Å². The fourth-order valence-corrected chi connectivity index (χ4v) is 4.39. The van der Waals surface area contributed by atoms with Crippen molar-refractivity contribution in [3.8, 4) is 5.75 Å². The van der Waals surface area contributed by atoms with E-state index in [1.54, 1.807) is 30.2 Å². The van der Waals surface area contributed by atoms with Gasteiger partial charge in [-0.2, -0.15) is 0 Å². The van der Waals surface area contributed by atoms with E-state index in [0.29, 0.717) is 17.1 Å². The van der Waals surface area contributed by atoms with E-state index in [1.807, 2.05) is 0 Å². The van der Waals surface area contributed by atoms with Gasteiger partial charge in [-0.3, -0.25) is 14.5 Å². The minimum absolute atomic E-state index is 0.00915. The molecule has 1 amide bonds. The van der Waals surface area contributed by atoms with Crippen molar-refractivity contribution in [3.05, 3.63) is 52.6 Å². The molecule has 1 saturated carbocycles. The van der Waals surface area contributed by atoms with Crippen molar-refractivity contribution in [2.24, 2.45) is 0 Å². The highest BCUT2D eigenvalue weighted by Crippen LogP contribution is 2.40. The normalized spacial score (nSPS) is 22.4. The Labute approximate surface area is 185 Å². The lowest BCUT2D eigenvalue weighted by molar-refractivity contribution is -0.125. The SMILES string of the molecule is C[C@@H](C(=O)Nc1ccc(OC2CCCC2)cn1)N1CCC(F)(F)[C@@H](c2ccc(=O)[nH]c2)C1. The molecule has 0 aromatic carbocycles. The highest BCUT2D eigenvalue weighted by Gasteiger charge is 2.46. The molecule has 2 aliphatic rings. The fourth-order valence-electron chi connectivity index (χ4n) is 4.39. The number of pyridine rings is 2. The second-order valence-corrected chi connectivity index (χ2v) is 8.61. The van der Waals surface area contributed by atoms with Gasteiger partial charge in [-0.25, -0.2) is 13.8 Å². The summed E-state index contributed by atoms with van der Waals surface area (Å²) in [5.74, 6) is -3.27. The molecular formula is C23H28F2N4O3. The van der Waals surface area contributed by atoms with Gasteiger partial charge < -0.3 is 15.0 Å². The van der Waals surface area contributed by atoms with Crippen molar-refractivity contribution in [2.45, 2.75) is 63.0 Å². The Bertz CT molecular complexity index is 969. The summed E-state index contributed by atoms with van der Waals surface area (Å²) >= 11 is 0. The third-order valence-corrected chi connectivity index (χ3v) is 6.39. The molecule has 0 spiro atoms. The summed E-state index contributed by atoms with van der Waals surface area (Å²) in [6, 6.07) is 5.51. The summed E-state index contributed by atoms with van der Waals surface area (Å²) in [5.41, 5.74) is 0.0102. The number of nitrogens with one attached hydrogen (secondary N) is 2. The van der Waals surface area contributed by atoms with Crippen LogP contribution >= 0.6 is 0 Å². The molecule has 2 aromatic rings. The molecule has 32 heavy (non-hydrogen) atoms. The molecule has 0 radical (unpaired) electrons. The smallest absolute Gasteiger partial charge is 0.257 e. The van der Waals surface area contributed by atoms with Crippen LogP contribution in [0.15, 0.2) is 41.5 Å². The summed E-state index contributed by atoms with van der Waals surface area (Å²) in [6.07, 6.45) is 7.23. The first kappa shape index (κ1) is 22.4. The van der Waals surface area contributed by atoms with Crippen molar-refractivity contribution in [3.63, 3.8) is 0 Å². The number of anilines is 1. The van der Waals surface area contributed by atoms with Gasteiger partial charge in [0.1, 0.15) is 11.6 Å². The number of rotatable bonds is 6. The predicted molar refractivity (Wildman–Crippen MR) is 116 cm³/mol. The summed E-state index contributed by atoms with van der Waals surface area (Å²) in [5, 5.41) is 2.76. The number of carbonyl (C=O) groups excluding carboxylic acids is 1. The number of alkyl halides is 2. The first-order valence-electron chi connectivity index (χ1n) is 11.1. The number of piperidine rings is 1. The second-order valence-electron chi connectivity index (χ2n) is 8.61. The highest BCUT2D eigenvalue weighted by molar-refractivity contribution is 5.93. The number of amides is 1. The summed E-state index contributed by atoms with van der Waals surface area (Å²) in [7, 11) is 0. The zero-order valence-corrected chi connectivity index (χ0v) is 18.0. The molecule has 2 aromatic heterocycles. The van der Waals surface area contributed by atoms with E-state index >= 15 is 0 Å². The number of likely N-dealkylation sites (tertiary alicyclic amines) is 1. The van der Waals surface area contributed by atoms with E-state index in [0.717, 1.165) is 12.8 Å². The van der Waals surface area contributed by atoms with Gasteiger partial charge in [-0.15, -0.1) is 0 Å². The standard InChI is InChI=1S/C23H28F2N4O3/c1-15(22(31)28-20-8-7-18(13-26-20)32-17-4-2-3-5-17)29-11-10-23(24,25)19(14-29)16-6-9-21(30)27-12-16/h6-9,12-13,15,17,19H,2-5,10-11,14H2,1H3,(H,27,30)(H,26,28,31)/t15-,19+/m0/s1. The van der Waals surface area contributed by atoms with E-state index in [2.05, 4.69) is 15.3 Å². The van der Waals surface area contributed by atoms with Crippen molar-refractivity contribution >= 4 is 11.7 Å². The van der Waals surface area contributed by atoms with Crippen LogP contribution in [0.3, 0.4) is 0 Å². The largest absolute Gasteiger partial charge is 0.489 e. The quantitative estimate of drug-likeness (QED) is 0.709. The molecule has 1 saturated heterocycles.